The zero-order valence-corrected chi connectivity index (χ0v) is 10.0. The lowest BCUT2D eigenvalue weighted by molar-refractivity contribution is -0.140. The number of ether oxygens (including phenoxy) is 1. The van der Waals surface area contributed by atoms with Gasteiger partial charge in [-0.05, 0) is 32.3 Å². The molecule has 0 bridgehead atoms. The molecule has 0 radical (unpaired) electrons. The van der Waals surface area contributed by atoms with Crippen LogP contribution in [0.25, 0.3) is 0 Å². The van der Waals surface area contributed by atoms with E-state index in [2.05, 4.69) is 4.74 Å². The fourth-order valence-corrected chi connectivity index (χ4v) is 1.23. The summed E-state index contributed by atoms with van der Waals surface area (Å²) in [5.41, 5.74) is 0.525. The maximum atomic E-state index is 11.2. The quantitative estimate of drug-likeness (QED) is 0.377. The maximum absolute atomic E-state index is 11.2. The van der Waals surface area contributed by atoms with Crippen molar-refractivity contribution in [3.05, 3.63) is 11.6 Å². The van der Waals surface area contributed by atoms with Crippen LogP contribution in [0, 0.1) is 0 Å². The number of ketones is 2. The van der Waals surface area contributed by atoms with Crippen molar-refractivity contribution in [1.29, 1.82) is 0 Å². The summed E-state index contributed by atoms with van der Waals surface area (Å²) >= 11 is 0. The standard InChI is InChI=1S/C12H18O4/c1-9(13)8-11(10(2)14)6-4-5-7-12(15)16-3/h6H,4-5,7-8H2,1-3H3/b11-6+. The highest BCUT2D eigenvalue weighted by molar-refractivity contribution is 5.98. The summed E-state index contributed by atoms with van der Waals surface area (Å²) in [6, 6.07) is 0. The van der Waals surface area contributed by atoms with Crippen LogP contribution >= 0.6 is 0 Å². The first-order valence-electron chi connectivity index (χ1n) is 5.23. The third-order valence-electron chi connectivity index (χ3n) is 2.10. The lowest BCUT2D eigenvalue weighted by atomic mass is 10.0. The van der Waals surface area contributed by atoms with Crippen molar-refractivity contribution in [2.24, 2.45) is 0 Å². The number of carbonyl (C=O) groups is 3. The second-order valence-corrected chi connectivity index (χ2v) is 3.63. The number of Topliss-reactive ketones (excluding diaryl/α,β-unsaturated/α-hetero) is 2. The van der Waals surface area contributed by atoms with Crippen LogP contribution in [0.15, 0.2) is 11.6 Å². The molecule has 0 aromatic heterocycles. The summed E-state index contributed by atoms with van der Waals surface area (Å²) in [7, 11) is 1.34. The number of rotatable bonds is 7. The van der Waals surface area contributed by atoms with Gasteiger partial charge >= 0.3 is 5.97 Å². The van der Waals surface area contributed by atoms with Crippen LogP contribution in [-0.2, 0) is 19.1 Å². The Morgan fingerprint density at radius 1 is 1.19 bits per heavy atom. The van der Waals surface area contributed by atoms with Gasteiger partial charge in [-0.1, -0.05) is 6.08 Å². The second-order valence-electron chi connectivity index (χ2n) is 3.63. The van der Waals surface area contributed by atoms with E-state index in [-0.39, 0.29) is 24.0 Å². The van der Waals surface area contributed by atoms with Gasteiger partial charge in [0.1, 0.15) is 5.78 Å². The maximum Gasteiger partial charge on any atom is 0.305 e. The van der Waals surface area contributed by atoms with Gasteiger partial charge in [0.2, 0.25) is 0 Å². The van der Waals surface area contributed by atoms with E-state index in [1.54, 1.807) is 6.08 Å². The Hall–Kier alpha value is -1.45. The second kappa shape index (κ2) is 7.79. The molecule has 16 heavy (non-hydrogen) atoms. The predicted molar refractivity (Wildman–Crippen MR) is 59.9 cm³/mol. The fourth-order valence-electron chi connectivity index (χ4n) is 1.23. The van der Waals surface area contributed by atoms with Gasteiger partial charge in [0, 0.05) is 12.8 Å². The van der Waals surface area contributed by atoms with Gasteiger partial charge in [-0.15, -0.1) is 0 Å². The third-order valence-corrected chi connectivity index (χ3v) is 2.10. The highest BCUT2D eigenvalue weighted by Crippen LogP contribution is 2.08. The minimum Gasteiger partial charge on any atom is -0.469 e. The molecule has 0 aliphatic heterocycles. The molecule has 0 saturated carbocycles. The summed E-state index contributed by atoms with van der Waals surface area (Å²) in [6.07, 6.45) is 3.47. The van der Waals surface area contributed by atoms with Gasteiger partial charge in [-0.3, -0.25) is 14.4 Å². The molecule has 0 atom stereocenters. The molecule has 0 spiro atoms. The number of methoxy groups -OCH3 is 1. The summed E-state index contributed by atoms with van der Waals surface area (Å²) in [5, 5.41) is 0. The highest BCUT2D eigenvalue weighted by atomic mass is 16.5. The van der Waals surface area contributed by atoms with Crippen LogP contribution in [0.3, 0.4) is 0 Å². The van der Waals surface area contributed by atoms with Gasteiger partial charge in [0.25, 0.3) is 0 Å². The number of esters is 1. The van der Waals surface area contributed by atoms with E-state index in [1.807, 2.05) is 0 Å². The molecule has 0 aromatic rings. The van der Waals surface area contributed by atoms with Crippen molar-refractivity contribution < 1.29 is 19.1 Å². The fraction of sp³-hybridized carbons (Fsp3) is 0.583. The lowest BCUT2D eigenvalue weighted by Gasteiger charge is -2.01. The molecule has 0 heterocycles. The Labute approximate surface area is 95.7 Å². The Bertz CT molecular complexity index is 302. The molecule has 0 N–H and O–H groups in total. The van der Waals surface area contributed by atoms with Crippen molar-refractivity contribution in [3.63, 3.8) is 0 Å². The summed E-state index contributed by atoms with van der Waals surface area (Å²) in [4.78, 5) is 32.8. The van der Waals surface area contributed by atoms with Crippen molar-refractivity contribution in [1.82, 2.24) is 0 Å². The molecule has 0 fully saturated rings. The van der Waals surface area contributed by atoms with E-state index >= 15 is 0 Å². The van der Waals surface area contributed by atoms with Crippen LogP contribution in [0.5, 0.6) is 0 Å². The molecular weight excluding hydrogens is 208 g/mol. The summed E-state index contributed by atoms with van der Waals surface area (Å²) in [6.45, 7) is 2.89. The first kappa shape index (κ1) is 14.6. The number of hydrogen-bond donors (Lipinski definition) is 0. The average Bonchev–Trinajstić information content (AvgIpc) is 2.21. The summed E-state index contributed by atoms with van der Waals surface area (Å²) < 4.78 is 4.49. The molecule has 4 heteroatoms. The topological polar surface area (TPSA) is 60.4 Å². The van der Waals surface area contributed by atoms with Crippen molar-refractivity contribution >= 4 is 17.5 Å². The zero-order chi connectivity index (χ0) is 12.6. The molecule has 0 saturated heterocycles. The lowest BCUT2D eigenvalue weighted by Crippen LogP contribution is -2.03. The third kappa shape index (κ3) is 6.92. The SMILES string of the molecule is COC(=O)CCC/C=C(\CC(C)=O)C(C)=O. The predicted octanol–water partition coefficient (Wildman–Crippen LogP) is 1.82. The number of carbonyl (C=O) groups excluding carboxylic acids is 3. The van der Waals surface area contributed by atoms with Crippen LogP contribution in [-0.4, -0.2) is 24.6 Å². The van der Waals surface area contributed by atoms with E-state index in [1.165, 1.54) is 21.0 Å². The number of unbranched alkanes of at least 4 members (excludes halogenated alkanes) is 1. The molecule has 0 aliphatic carbocycles. The number of allylic oxidation sites excluding steroid dienone is 2. The van der Waals surface area contributed by atoms with Gasteiger partial charge < -0.3 is 4.74 Å². The van der Waals surface area contributed by atoms with Crippen LogP contribution < -0.4 is 0 Å². The molecule has 0 amide bonds. The van der Waals surface area contributed by atoms with E-state index < -0.39 is 0 Å². The smallest absolute Gasteiger partial charge is 0.305 e. The Kier molecular flexibility index (Phi) is 7.09. The van der Waals surface area contributed by atoms with E-state index in [0.717, 1.165) is 0 Å². The van der Waals surface area contributed by atoms with Gasteiger partial charge in [-0.25, -0.2) is 0 Å². The Balaban J connectivity index is 4.09. The minimum atomic E-state index is -0.260. The summed E-state index contributed by atoms with van der Waals surface area (Å²) in [5.74, 6) is -0.382. The van der Waals surface area contributed by atoms with Gasteiger partial charge in [0.15, 0.2) is 5.78 Å². The largest absolute Gasteiger partial charge is 0.469 e. The van der Waals surface area contributed by atoms with Gasteiger partial charge in [0.05, 0.1) is 7.11 Å². The molecule has 4 nitrogen and oxygen atoms in total. The van der Waals surface area contributed by atoms with Crippen molar-refractivity contribution in [2.75, 3.05) is 7.11 Å². The molecule has 0 unspecified atom stereocenters. The average molecular weight is 226 g/mol. The monoisotopic (exact) mass is 226 g/mol. The van der Waals surface area contributed by atoms with E-state index in [9.17, 15) is 14.4 Å². The first-order chi connectivity index (χ1) is 7.47. The van der Waals surface area contributed by atoms with Gasteiger partial charge in [-0.2, -0.15) is 0 Å². The molecule has 0 rings (SSSR count). The van der Waals surface area contributed by atoms with Crippen LogP contribution in [0.1, 0.15) is 39.5 Å². The molecular formula is C12H18O4. The highest BCUT2D eigenvalue weighted by Gasteiger charge is 2.06. The Morgan fingerprint density at radius 2 is 1.81 bits per heavy atom. The zero-order valence-electron chi connectivity index (χ0n) is 10.0. The van der Waals surface area contributed by atoms with Crippen LogP contribution in [0.4, 0.5) is 0 Å². The Morgan fingerprint density at radius 3 is 2.25 bits per heavy atom. The van der Waals surface area contributed by atoms with Crippen molar-refractivity contribution in [2.45, 2.75) is 39.5 Å². The van der Waals surface area contributed by atoms with E-state index in [4.69, 9.17) is 0 Å². The normalized spacial score (nSPS) is 11.1. The van der Waals surface area contributed by atoms with E-state index in [0.29, 0.717) is 24.8 Å². The first-order valence-corrected chi connectivity index (χ1v) is 5.23. The minimum absolute atomic E-state index is 0.0329. The molecule has 0 aliphatic rings. The molecule has 90 valence electrons. The van der Waals surface area contributed by atoms with Crippen molar-refractivity contribution in [3.8, 4) is 0 Å². The number of hydrogen-bond acceptors (Lipinski definition) is 4. The molecule has 0 aromatic carbocycles. The van der Waals surface area contributed by atoms with Crippen LogP contribution in [0.2, 0.25) is 0 Å².